The van der Waals surface area contributed by atoms with Gasteiger partial charge in [0.2, 0.25) is 5.95 Å². The van der Waals surface area contributed by atoms with E-state index in [1.807, 2.05) is 20.8 Å². The van der Waals surface area contributed by atoms with Crippen LogP contribution in [0.15, 0.2) is 87.9 Å². The lowest BCUT2D eigenvalue weighted by Gasteiger charge is -2.30. The first-order valence-corrected chi connectivity index (χ1v) is 17.3. The van der Waals surface area contributed by atoms with E-state index in [2.05, 4.69) is 25.3 Å². The molecule has 10 nitrogen and oxygen atoms in total. The van der Waals surface area contributed by atoms with Crippen LogP contribution < -0.4 is 15.4 Å². The topological polar surface area (TPSA) is 135 Å². The lowest BCUT2D eigenvalue weighted by atomic mass is 9.91. The van der Waals surface area contributed by atoms with Crippen molar-refractivity contribution < 1.29 is 22.3 Å². The maximum absolute atomic E-state index is 15.3. The first-order chi connectivity index (χ1) is 21.9. The molecule has 2 aromatic carbocycles. The number of aromatic nitrogens is 3. The number of carbonyl (C=O) groups is 1. The summed E-state index contributed by atoms with van der Waals surface area (Å²) in [6.07, 6.45) is 7.77. The number of nitrogens with one attached hydrogen (secondary N) is 3. The van der Waals surface area contributed by atoms with Crippen molar-refractivity contribution in [2.24, 2.45) is 0 Å². The number of sulfonamides is 1. The Morgan fingerprint density at radius 1 is 1.00 bits per heavy atom. The number of rotatable bonds is 9. The van der Waals surface area contributed by atoms with Crippen LogP contribution in [0.3, 0.4) is 0 Å². The third kappa shape index (κ3) is 8.86. The second-order valence-electron chi connectivity index (χ2n) is 11.8. The molecule has 0 bridgehead atoms. The Morgan fingerprint density at radius 2 is 1.74 bits per heavy atom. The fourth-order valence-corrected chi connectivity index (χ4v) is 7.41. The summed E-state index contributed by atoms with van der Waals surface area (Å²) < 4.78 is 48.6. The molecule has 242 valence electrons. The number of hydrogen-bond donors (Lipinski definition) is 3. The molecule has 0 atom stereocenters. The van der Waals surface area contributed by atoms with Crippen LogP contribution in [0.5, 0.6) is 0 Å². The van der Waals surface area contributed by atoms with Crippen molar-refractivity contribution in [3.63, 3.8) is 0 Å². The molecule has 1 fully saturated rings. The molecule has 14 heteroatoms. The van der Waals surface area contributed by atoms with Gasteiger partial charge in [0.25, 0.3) is 10.0 Å². The van der Waals surface area contributed by atoms with Crippen molar-refractivity contribution in [2.75, 3.05) is 10.0 Å². The average Bonchev–Trinajstić information content (AvgIpc) is 2.99. The van der Waals surface area contributed by atoms with Gasteiger partial charge in [-0.25, -0.2) is 27.6 Å². The molecule has 46 heavy (non-hydrogen) atoms. The number of pyridine rings is 1. The smallest absolute Gasteiger partial charge is 0.407 e. The van der Waals surface area contributed by atoms with Gasteiger partial charge in [0.1, 0.15) is 16.3 Å². The maximum atomic E-state index is 15.3. The van der Waals surface area contributed by atoms with Gasteiger partial charge in [0.15, 0.2) is 0 Å². The van der Waals surface area contributed by atoms with Crippen molar-refractivity contribution in [2.45, 2.75) is 78.8 Å². The van der Waals surface area contributed by atoms with Crippen molar-refractivity contribution in [3.8, 4) is 11.3 Å². The van der Waals surface area contributed by atoms with E-state index in [9.17, 15) is 13.2 Å². The minimum Gasteiger partial charge on any atom is -0.444 e. The van der Waals surface area contributed by atoms with E-state index < -0.39 is 27.5 Å². The highest BCUT2D eigenvalue weighted by atomic mass is 35.5. The highest BCUT2D eigenvalue weighted by molar-refractivity contribution is 7.99. The average molecular weight is 685 g/mol. The Labute approximate surface area is 277 Å². The van der Waals surface area contributed by atoms with Crippen LogP contribution in [0.2, 0.25) is 5.02 Å². The lowest BCUT2D eigenvalue weighted by molar-refractivity contribution is 0.0492. The van der Waals surface area contributed by atoms with Crippen molar-refractivity contribution in [1.82, 2.24) is 20.3 Å². The molecule has 0 saturated heterocycles. The first kappa shape index (κ1) is 33.4. The summed E-state index contributed by atoms with van der Waals surface area (Å²) in [6, 6.07) is 13.9. The van der Waals surface area contributed by atoms with Crippen LogP contribution in [-0.2, 0) is 14.8 Å². The van der Waals surface area contributed by atoms with Gasteiger partial charge in [-0.2, -0.15) is 0 Å². The third-order valence-electron chi connectivity index (χ3n) is 7.02. The van der Waals surface area contributed by atoms with Gasteiger partial charge in [-0.15, -0.1) is 0 Å². The molecule has 2 heterocycles. The number of benzene rings is 2. The monoisotopic (exact) mass is 684 g/mol. The van der Waals surface area contributed by atoms with E-state index in [0.717, 1.165) is 31.7 Å². The number of carbonyl (C=O) groups excluding carboxylic acids is 1. The second-order valence-corrected chi connectivity index (χ2v) is 14.9. The number of ether oxygens (including phenoxy) is 1. The predicted octanol–water partition coefficient (Wildman–Crippen LogP) is 7.53. The van der Waals surface area contributed by atoms with E-state index in [1.165, 1.54) is 36.0 Å². The van der Waals surface area contributed by atoms with Crippen molar-refractivity contribution in [3.05, 3.63) is 84.0 Å². The zero-order valence-corrected chi connectivity index (χ0v) is 27.8. The number of halogens is 2. The van der Waals surface area contributed by atoms with Crippen LogP contribution in [0, 0.1) is 5.82 Å². The molecular formula is C32H34ClFN6O4S2. The molecule has 3 N–H and O–H groups in total. The van der Waals surface area contributed by atoms with Crippen LogP contribution in [0.25, 0.3) is 11.3 Å². The molecule has 0 aliphatic heterocycles. The number of nitrogens with zero attached hydrogens (tertiary/aromatic N) is 3. The zero-order chi connectivity index (χ0) is 32.9. The van der Waals surface area contributed by atoms with Crippen molar-refractivity contribution >= 4 is 51.1 Å². The van der Waals surface area contributed by atoms with E-state index in [0.29, 0.717) is 22.1 Å². The lowest BCUT2D eigenvalue weighted by Crippen LogP contribution is -2.42. The fraction of sp³-hybridized carbons (Fsp3) is 0.312. The number of hydrogen-bond acceptors (Lipinski definition) is 9. The van der Waals surface area contributed by atoms with Crippen molar-refractivity contribution in [1.29, 1.82) is 0 Å². The van der Waals surface area contributed by atoms with Crippen LogP contribution in [-0.4, -0.2) is 47.1 Å². The van der Waals surface area contributed by atoms with Gasteiger partial charge in [-0.3, -0.25) is 9.71 Å². The van der Waals surface area contributed by atoms with Gasteiger partial charge in [-0.1, -0.05) is 35.5 Å². The molecule has 1 saturated carbocycles. The molecular weight excluding hydrogens is 651 g/mol. The molecule has 1 aliphatic carbocycles. The fourth-order valence-electron chi connectivity index (χ4n) is 4.92. The summed E-state index contributed by atoms with van der Waals surface area (Å²) in [5.74, 6) is -0.142. The molecule has 1 amide bonds. The molecule has 1 aliphatic rings. The van der Waals surface area contributed by atoms with Gasteiger partial charge in [0, 0.05) is 46.0 Å². The SMILES string of the molecule is CC(C)(C)OC(=O)NC1CCC(Nc2nccc(-c3cnccc3Sc3ccc(NS(=O)(=O)c4ccccc4Cl)cc3F)n2)CC1. The highest BCUT2D eigenvalue weighted by Gasteiger charge is 2.25. The minimum absolute atomic E-state index is 0.0483. The molecule has 5 rings (SSSR count). The van der Waals surface area contributed by atoms with Gasteiger partial charge >= 0.3 is 6.09 Å². The molecule has 2 aromatic heterocycles. The van der Waals surface area contributed by atoms with Crippen LogP contribution >= 0.6 is 23.4 Å². The number of anilines is 2. The molecule has 0 radical (unpaired) electrons. The highest BCUT2D eigenvalue weighted by Crippen LogP contribution is 2.37. The quantitative estimate of drug-likeness (QED) is 0.163. The molecule has 0 unspecified atom stereocenters. The summed E-state index contributed by atoms with van der Waals surface area (Å²) >= 11 is 7.22. The normalized spacial score (nSPS) is 16.8. The summed E-state index contributed by atoms with van der Waals surface area (Å²) in [5.41, 5.74) is 0.819. The van der Waals surface area contributed by atoms with Gasteiger partial charge in [-0.05, 0) is 88.9 Å². The molecule has 4 aromatic rings. The largest absolute Gasteiger partial charge is 0.444 e. The Hall–Kier alpha value is -3.94. The predicted molar refractivity (Wildman–Crippen MR) is 177 cm³/mol. The summed E-state index contributed by atoms with van der Waals surface area (Å²) in [5, 5.41) is 6.42. The Kier molecular flexibility index (Phi) is 10.3. The Morgan fingerprint density at radius 3 is 2.46 bits per heavy atom. The van der Waals surface area contributed by atoms with Crippen LogP contribution in [0.1, 0.15) is 46.5 Å². The second kappa shape index (κ2) is 14.2. The first-order valence-electron chi connectivity index (χ1n) is 14.6. The summed E-state index contributed by atoms with van der Waals surface area (Å²) in [6.45, 7) is 5.51. The molecule has 0 spiro atoms. The minimum atomic E-state index is -4.01. The van der Waals surface area contributed by atoms with E-state index in [1.54, 1.807) is 42.9 Å². The maximum Gasteiger partial charge on any atom is 0.407 e. The van der Waals surface area contributed by atoms with Gasteiger partial charge in [0.05, 0.1) is 16.4 Å². The third-order valence-corrected chi connectivity index (χ3v) is 10.0. The zero-order valence-electron chi connectivity index (χ0n) is 25.5. The standard InChI is InChI=1S/C32H34ClFN6O4S2/c1-32(2,3)44-31(41)38-21-10-8-20(9-11-21)37-30-36-17-14-26(39-30)23-19-35-16-15-27(23)45-28-13-12-22(18-25(28)34)40-46(42,43)29-7-5-4-6-24(29)33/h4-7,12-21,40H,8-11H2,1-3H3,(H,38,41)(H,36,37,39). The number of amides is 1. The Balaban J connectivity index is 1.24. The summed E-state index contributed by atoms with van der Waals surface area (Å²) in [7, 11) is -4.01. The Bertz CT molecular complexity index is 1810. The van der Waals surface area contributed by atoms with Gasteiger partial charge < -0.3 is 15.4 Å². The summed E-state index contributed by atoms with van der Waals surface area (Å²) in [4.78, 5) is 26.4. The van der Waals surface area contributed by atoms with Crippen LogP contribution in [0.4, 0.5) is 20.8 Å². The number of alkyl carbamates (subject to hydrolysis) is 1. The van der Waals surface area contributed by atoms with E-state index >= 15 is 4.39 Å². The van der Waals surface area contributed by atoms with E-state index in [4.69, 9.17) is 21.3 Å². The van der Waals surface area contributed by atoms with E-state index in [-0.39, 0.29) is 32.6 Å².